The number of likely N-dealkylation sites (tertiary alicyclic amines) is 1. The standard InChI is InChI=1S/C29H39N5O2/c1-3-7-20(2)31-29-30-18-25-26(19-34(27(25)32-29)23-10-12-24(35)13-11-23)21-14-16-33(17-15-21)28(36)22-8-5-4-6-9-22/h4-6,8-9,18-21,23-24,35H,3,7,10-17H2,1-2H3,(H,30,31,32)/t20-,23-,24-/m0/s1. The summed E-state index contributed by atoms with van der Waals surface area (Å²) in [5.74, 6) is 1.19. The second-order valence-corrected chi connectivity index (χ2v) is 10.7. The Kier molecular flexibility index (Phi) is 7.56. The van der Waals surface area contributed by atoms with Gasteiger partial charge in [-0.05, 0) is 75.5 Å². The molecule has 3 aromatic rings. The first-order valence-corrected chi connectivity index (χ1v) is 13.7. The van der Waals surface area contributed by atoms with Crippen LogP contribution in [0.15, 0.2) is 42.7 Å². The summed E-state index contributed by atoms with van der Waals surface area (Å²) in [7, 11) is 0. The van der Waals surface area contributed by atoms with Crippen molar-refractivity contribution >= 4 is 22.9 Å². The quantitative estimate of drug-likeness (QED) is 0.456. The van der Waals surface area contributed by atoms with E-state index in [1.807, 2.05) is 41.4 Å². The van der Waals surface area contributed by atoms with Crippen LogP contribution in [0.5, 0.6) is 0 Å². The number of aliphatic hydroxyl groups excluding tert-OH is 1. The summed E-state index contributed by atoms with van der Waals surface area (Å²) < 4.78 is 2.36. The lowest BCUT2D eigenvalue weighted by molar-refractivity contribution is 0.0713. The Labute approximate surface area is 213 Å². The number of nitrogens with zero attached hydrogens (tertiary/aromatic N) is 4. The number of hydrogen-bond acceptors (Lipinski definition) is 5. The molecule has 1 aliphatic heterocycles. The van der Waals surface area contributed by atoms with E-state index in [0.717, 1.165) is 81.1 Å². The molecule has 1 aromatic carbocycles. The van der Waals surface area contributed by atoms with Gasteiger partial charge in [-0.3, -0.25) is 4.79 Å². The lowest BCUT2D eigenvalue weighted by Gasteiger charge is -2.32. The maximum absolute atomic E-state index is 12.9. The highest BCUT2D eigenvalue weighted by Gasteiger charge is 2.29. The molecule has 192 valence electrons. The second kappa shape index (κ2) is 11.0. The number of carbonyl (C=O) groups is 1. The van der Waals surface area contributed by atoms with E-state index in [-0.39, 0.29) is 12.0 Å². The molecule has 7 nitrogen and oxygen atoms in total. The van der Waals surface area contributed by atoms with E-state index in [1.54, 1.807) is 0 Å². The number of amides is 1. The van der Waals surface area contributed by atoms with Crippen molar-refractivity contribution in [2.75, 3.05) is 18.4 Å². The normalized spacial score (nSPS) is 22.0. The van der Waals surface area contributed by atoms with E-state index in [4.69, 9.17) is 9.97 Å². The molecule has 5 rings (SSSR count). The number of hydrogen-bond donors (Lipinski definition) is 2. The minimum Gasteiger partial charge on any atom is -0.393 e. The van der Waals surface area contributed by atoms with E-state index >= 15 is 0 Å². The van der Waals surface area contributed by atoms with Gasteiger partial charge in [0.05, 0.1) is 6.10 Å². The van der Waals surface area contributed by atoms with Crippen molar-refractivity contribution in [2.45, 2.75) is 89.3 Å². The molecule has 0 radical (unpaired) electrons. The van der Waals surface area contributed by atoms with Crippen molar-refractivity contribution in [3.63, 3.8) is 0 Å². The molecular formula is C29H39N5O2. The SMILES string of the molecule is CCC[C@H](C)Nc1ncc2c(C3CCN(C(=O)c4ccccc4)CC3)cn([C@H]3CC[C@H](O)CC3)c2n1. The molecular weight excluding hydrogens is 450 g/mol. The van der Waals surface area contributed by atoms with Crippen LogP contribution in [0, 0.1) is 0 Å². The number of anilines is 1. The topological polar surface area (TPSA) is 83.3 Å². The van der Waals surface area contributed by atoms with Crippen molar-refractivity contribution < 1.29 is 9.90 Å². The molecule has 2 aliphatic rings. The van der Waals surface area contributed by atoms with Gasteiger partial charge >= 0.3 is 0 Å². The fourth-order valence-corrected chi connectivity index (χ4v) is 5.95. The van der Waals surface area contributed by atoms with Gasteiger partial charge in [-0.2, -0.15) is 4.98 Å². The Hall–Kier alpha value is -2.93. The molecule has 1 atom stereocenters. The number of carbonyl (C=O) groups excluding carboxylic acids is 1. The first-order chi connectivity index (χ1) is 17.5. The van der Waals surface area contributed by atoms with Crippen LogP contribution in [0.25, 0.3) is 11.0 Å². The van der Waals surface area contributed by atoms with Crippen LogP contribution in [0.2, 0.25) is 0 Å². The van der Waals surface area contributed by atoms with Gasteiger partial charge in [0.15, 0.2) is 0 Å². The number of fused-ring (bicyclic) bond motifs is 1. The summed E-state index contributed by atoms with van der Waals surface area (Å²) in [6, 6.07) is 10.3. The van der Waals surface area contributed by atoms with E-state index in [1.165, 1.54) is 5.56 Å². The molecule has 0 unspecified atom stereocenters. The molecule has 7 heteroatoms. The van der Waals surface area contributed by atoms with Crippen LogP contribution in [-0.4, -0.2) is 55.7 Å². The Morgan fingerprint density at radius 1 is 1.11 bits per heavy atom. The Morgan fingerprint density at radius 3 is 2.53 bits per heavy atom. The maximum Gasteiger partial charge on any atom is 0.253 e. The first-order valence-electron chi connectivity index (χ1n) is 13.7. The molecule has 0 spiro atoms. The summed E-state index contributed by atoms with van der Waals surface area (Å²) in [4.78, 5) is 24.6. The predicted octanol–water partition coefficient (Wildman–Crippen LogP) is 5.53. The summed E-state index contributed by atoms with van der Waals surface area (Å²) in [5, 5.41) is 14.7. The highest BCUT2D eigenvalue weighted by atomic mass is 16.3. The molecule has 1 amide bonds. The van der Waals surface area contributed by atoms with E-state index in [9.17, 15) is 9.90 Å². The molecule has 1 saturated heterocycles. The molecule has 1 aliphatic carbocycles. The Bertz CT molecular complexity index is 1160. The maximum atomic E-state index is 12.9. The lowest BCUT2D eigenvalue weighted by Crippen LogP contribution is -2.37. The molecule has 3 heterocycles. The lowest BCUT2D eigenvalue weighted by atomic mass is 9.89. The van der Waals surface area contributed by atoms with Crippen LogP contribution in [0.4, 0.5) is 5.95 Å². The van der Waals surface area contributed by atoms with E-state index in [0.29, 0.717) is 23.9 Å². The summed E-state index contributed by atoms with van der Waals surface area (Å²) in [5.41, 5.74) is 3.06. The van der Waals surface area contributed by atoms with Gasteiger partial charge in [0, 0.05) is 48.5 Å². The number of rotatable bonds is 7. The van der Waals surface area contributed by atoms with Gasteiger partial charge in [0.2, 0.25) is 5.95 Å². The molecule has 2 aromatic heterocycles. The zero-order chi connectivity index (χ0) is 25.1. The monoisotopic (exact) mass is 489 g/mol. The minimum absolute atomic E-state index is 0.123. The molecule has 1 saturated carbocycles. The smallest absolute Gasteiger partial charge is 0.253 e. The van der Waals surface area contributed by atoms with Gasteiger partial charge in [-0.25, -0.2) is 4.98 Å². The van der Waals surface area contributed by atoms with E-state index in [2.05, 4.69) is 29.9 Å². The molecule has 2 N–H and O–H groups in total. The van der Waals surface area contributed by atoms with Gasteiger partial charge in [-0.1, -0.05) is 31.5 Å². The Morgan fingerprint density at radius 2 is 1.83 bits per heavy atom. The molecule has 2 fully saturated rings. The number of aromatic nitrogens is 3. The van der Waals surface area contributed by atoms with Gasteiger partial charge in [-0.15, -0.1) is 0 Å². The number of piperidine rings is 1. The van der Waals surface area contributed by atoms with E-state index < -0.39 is 0 Å². The van der Waals surface area contributed by atoms with Crippen molar-refractivity contribution in [3.05, 3.63) is 53.9 Å². The van der Waals surface area contributed by atoms with Crippen molar-refractivity contribution in [1.82, 2.24) is 19.4 Å². The first kappa shape index (κ1) is 24.8. The highest BCUT2D eigenvalue weighted by Crippen LogP contribution is 2.38. The summed E-state index contributed by atoms with van der Waals surface area (Å²) in [6.45, 7) is 5.88. The second-order valence-electron chi connectivity index (χ2n) is 10.7. The third-order valence-corrected chi connectivity index (χ3v) is 8.00. The minimum atomic E-state index is -0.184. The summed E-state index contributed by atoms with van der Waals surface area (Å²) in [6.07, 6.45) is 11.8. The Balaban J connectivity index is 1.39. The fourth-order valence-electron chi connectivity index (χ4n) is 5.95. The van der Waals surface area contributed by atoms with Crippen LogP contribution in [-0.2, 0) is 0 Å². The predicted molar refractivity (Wildman–Crippen MR) is 143 cm³/mol. The zero-order valence-corrected chi connectivity index (χ0v) is 21.6. The third kappa shape index (κ3) is 5.26. The van der Waals surface area contributed by atoms with Gasteiger partial charge in [0.1, 0.15) is 5.65 Å². The zero-order valence-electron chi connectivity index (χ0n) is 21.6. The largest absolute Gasteiger partial charge is 0.393 e. The van der Waals surface area contributed by atoms with Crippen LogP contribution >= 0.6 is 0 Å². The number of benzene rings is 1. The van der Waals surface area contributed by atoms with Crippen molar-refractivity contribution in [3.8, 4) is 0 Å². The van der Waals surface area contributed by atoms with Crippen molar-refractivity contribution in [1.29, 1.82) is 0 Å². The highest BCUT2D eigenvalue weighted by molar-refractivity contribution is 5.94. The van der Waals surface area contributed by atoms with Crippen LogP contribution < -0.4 is 5.32 Å². The average Bonchev–Trinajstić information content (AvgIpc) is 3.28. The van der Waals surface area contributed by atoms with Crippen LogP contribution in [0.1, 0.15) is 93.1 Å². The van der Waals surface area contributed by atoms with Crippen LogP contribution in [0.3, 0.4) is 0 Å². The number of aliphatic hydroxyl groups is 1. The fraction of sp³-hybridized carbons (Fsp3) is 0.552. The molecule has 0 bridgehead atoms. The van der Waals surface area contributed by atoms with Gasteiger partial charge in [0.25, 0.3) is 5.91 Å². The van der Waals surface area contributed by atoms with Gasteiger partial charge < -0.3 is 19.9 Å². The molecule has 36 heavy (non-hydrogen) atoms. The summed E-state index contributed by atoms with van der Waals surface area (Å²) >= 11 is 0. The number of nitrogens with one attached hydrogen (secondary N) is 1. The third-order valence-electron chi connectivity index (χ3n) is 8.00. The average molecular weight is 490 g/mol. The van der Waals surface area contributed by atoms with Crippen molar-refractivity contribution in [2.24, 2.45) is 0 Å².